The standard InChI is InChI=1S/C9H6F3N3/c10-9(11,12)8-5-15(6-14-8)7-1-3-13-4-2-7/h1-6H. The normalized spacial score (nSPS) is 11.7. The SMILES string of the molecule is FC(F)(F)c1cn(-c2ccncc2)cn1. The molecule has 0 radical (unpaired) electrons. The Morgan fingerprint density at radius 1 is 1.13 bits per heavy atom. The molecule has 2 rings (SSSR count). The van der Waals surface area contributed by atoms with Crippen LogP contribution in [0.15, 0.2) is 37.1 Å². The van der Waals surface area contributed by atoms with Crippen LogP contribution in [-0.2, 0) is 6.18 Å². The molecular weight excluding hydrogens is 207 g/mol. The van der Waals surface area contributed by atoms with Crippen LogP contribution in [0.4, 0.5) is 13.2 Å². The van der Waals surface area contributed by atoms with Crippen molar-refractivity contribution in [3.63, 3.8) is 0 Å². The van der Waals surface area contributed by atoms with Crippen molar-refractivity contribution in [2.24, 2.45) is 0 Å². The molecule has 0 atom stereocenters. The lowest BCUT2D eigenvalue weighted by Gasteiger charge is -2.01. The molecule has 0 saturated heterocycles. The van der Waals surface area contributed by atoms with Gasteiger partial charge in [-0.3, -0.25) is 4.98 Å². The summed E-state index contributed by atoms with van der Waals surface area (Å²) in [5.41, 5.74) is -0.313. The van der Waals surface area contributed by atoms with Gasteiger partial charge < -0.3 is 4.57 Å². The summed E-state index contributed by atoms with van der Waals surface area (Å²) in [7, 11) is 0. The summed E-state index contributed by atoms with van der Waals surface area (Å²) in [6.45, 7) is 0. The molecule has 0 saturated carbocycles. The first-order chi connectivity index (χ1) is 7.07. The van der Waals surface area contributed by atoms with E-state index in [2.05, 4.69) is 9.97 Å². The van der Waals surface area contributed by atoms with E-state index in [1.807, 2.05) is 0 Å². The van der Waals surface area contributed by atoms with Gasteiger partial charge in [0, 0.05) is 24.3 Å². The molecular formula is C9H6F3N3. The minimum absolute atomic E-state index is 0.591. The third-order valence-corrected chi connectivity index (χ3v) is 1.83. The summed E-state index contributed by atoms with van der Waals surface area (Å²) >= 11 is 0. The fourth-order valence-corrected chi connectivity index (χ4v) is 1.13. The van der Waals surface area contributed by atoms with E-state index in [0.717, 1.165) is 12.5 Å². The lowest BCUT2D eigenvalue weighted by Crippen LogP contribution is -2.04. The highest BCUT2D eigenvalue weighted by molar-refractivity contribution is 5.29. The Balaban J connectivity index is 2.37. The molecule has 0 aromatic carbocycles. The number of rotatable bonds is 1. The van der Waals surface area contributed by atoms with Crippen LogP contribution in [0.5, 0.6) is 0 Å². The smallest absolute Gasteiger partial charge is 0.306 e. The van der Waals surface area contributed by atoms with Crippen LogP contribution in [0, 0.1) is 0 Å². The molecule has 0 amide bonds. The number of nitrogens with zero attached hydrogens (tertiary/aromatic N) is 3. The van der Waals surface area contributed by atoms with Gasteiger partial charge in [-0.2, -0.15) is 13.2 Å². The average molecular weight is 213 g/mol. The monoisotopic (exact) mass is 213 g/mol. The molecule has 3 nitrogen and oxygen atoms in total. The van der Waals surface area contributed by atoms with Gasteiger partial charge in [-0.15, -0.1) is 0 Å². The summed E-state index contributed by atoms with van der Waals surface area (Å²) in [6, 6.07) is 3.20. The van der Waals surface area contributed by atoms with Gasteiger partial charge in [0.05, 0.1) is 6.33 Å². The lowest BCUT2D eigenvalue weighted by atomic mass is 10.4. The quantitative estimate of drug-likeness (QED) is 0.727. The average Bonchev–Trinajstić information content (AvgIpc) is 2.67. The second-order valence-electron chi connectivity index (χ2n) is 2.87. The van der Waals surface area contributed by atoms with Crippen molar-refractivity contribution < 1.29 is 13.2 Å². The molecule has 0 aliphatic rings. The Morgan fingerprint density at radius 3 is 2.33 bits per heavy atom. The van der Waals surface area contributed by atoms with Crippen molar-refractivity contribution in [1.82, 2.24) is 14.5 Å². The van der Waals surface area contributed by atoms with Crippen LogP contribution >= 0.6 is 0 Å². The second kappa shape index (κ2) is 3.38. The molecule has 0 spiro atoms. The number of halogens is 3. The molecule has 78 valence electrons. The third kappa shape index (κ3) is 1.98. The first-order valence-electron chi connectivity index (χ1n) is 4.09. The van der Waals surface area contributed by atoms with Crippen molar-refractivity contribution >= 4 is 0 Å². The fourth-order valence-electron chi connectivity index (χ4n) is 1.13. The first kappa shape index (κ1) is 9.70. The Morgan fingerprint density at radius 2 is 1.80 bits per heavy atom. The number of hydrogen-bond acceptors (Lipinski definition) is 2. The van der Waals surface area contributed by atoms with Gasteiger partial charge in [0.2, 0.25) is 0 Å². The van der Waals surface area contributed by atoms with E-state index in [1.165, 1.54) is 17.0 Å². The number of imidazole rings is 1. The molecule has 0 N–H and O–H groups in total. The van der Waals surface area contributed by atoms with E-state index in [0.29, 0.717) is 5.69 Å². The van der Waals surface area contributed by atoms with Crippen molar-refractivity contribution in [2.45, 2.75) is 6.18 Å². The molecule has 2 aromatic heterocycles. The van der Waals surface area contributed by atoms with E-state index in [4.69, 9.17) is 0 Å². The molecule has 0 bridgehead atoms. The van der Waals surface area contributed by atoms with Crippen molar-refractivity contribution in [1.29, 1.82) is 0 Å². The van der Waals surface area contributed by atoms with Crippen molar-refractivity contribution in [3.8, 4) is 5.69 Å². The Labute approximate surface area is 83.2 Å². The third-order valence-electron chi connectivity index (χ3n) is 1.83. The lowest BCUT2D eigenvalue weighted by molar-refractivity contribution is -0.140. The number of pyridine rings is 1. The topological polar surface area (TPSA) is 30.7 Å². The maximum absolute atomic E-state index is 12.2. The molecule has 0 unspecified atom stereocenters. The molecule has 15 heavy (non-hydrogen) atoms. The Bertz CT molecular complexity index is 447. The van der Waals surface area contributed by atoms with Crippen molar-refractivity contribution in [3.05, 3.63) is 42.7 Å². The zero-order chi connectivity index (χ0) is 10.9. The maximum Gasteiger partial charge on any atom is 0.434 e. The highest BCUT2D eigenvalue weighted by Gasteiger charge is 2.33. The van der Waals surface area contributed by atoms with E-state index in [-0.39, 0.29) is 0 Å². The van der Waals surface area contributed by atoms with E-state index in [1.54, 1.807) is 12.1 Å². The van der Waals surface area contributed by atoms with Gasteiger partial charge in [-0.05, 0) is 12.1 Å². The summed E-state index contributed by atoms with van der Waals surface area (Å²) in [5, 5.41) is 0. The molecule has 0 fully saturated rings. The summed E-state index contributed by atoms with van der Waals surface area (Å²) < 4.78 is 38.0. The predicted molar refractivity (Wildman–Crippen MR) is 46.4 cm³/mol. The summed E-state index contributed by atoms with van der Waals surface area (Å²) in [6.07, 6.45) is 0.664. The molecule has 0 aliphatic carbocycles. The minimum Gasteiger partial charge on any atom is -0.306 e. The van der Waals surface area contributed by atoms with Crippen LogP contribution in [-0.4, -0.2) is 14.5 Å². The highest BCUT2D eigenvalue weighted by Crippen LogP contribution is 2.27. The van der Waals surface area contributed by atoms with Gasteiger partial charge in [0.25, 0.3) is 0 Å². The molecule has 2 heterocycles. The van der Waals surface area contributed by atoms with Crippen LogP contribution < -0.4 is 0 Å². The zero-order valence-electron chi connectivity index (χ0n) is 7.44. The van der Waals surface area contributed by atoms with Crippen LogP contribution in [0.1, 0.15) is 5.69 Å². The van der Waals surface area contributed by atoms with Gasteiger partial charge in [0.1, 0.15) is 0 Å². The minimum atomic E-state index is -4.40. The molecule has 6 heteroatoms. The Kier molecular flexibility index (Phi) is 2.18. The second-order valence-corrected chi connectivity index (χ2v) is 2.87. The molecule has 0 aliphatic heterocycles. The van der Waals surface area contributed by atoms with Gasteiger partial charge >= 0.3 is 6.18 Å². The summed E-state index contributed by atoms with van der Waals surface area (Å²) in [4.78, 5) is 7.05. The highest BCUT2D eigenvalue weighted by atomic mass is 19.4. The Hall–Kier alpha value is -1.85. The van der Waals surface area contributed by atoms with E-state index >= 15 is 0 Å². The van der Waals surface area contributed by atoms with Crippen LogP contribution in [0.3, 0.4) is 0 Å². The van der Waals surface area contributed by atoms with Crippen LogP contribution in [0.25, 0.3) is 5.69 Å². The van der Waals surface area contributed by atoms with Crippen LogP contribution in [0.2, 0.25) is 0 Å². The zero-order valence-corrected chi connectivity index (χ0v) is 7.44. The molecule has 2 aromatic rings. The van der Waals surface area contributed by atoms with Crippen molar-refractivity contribution in [2.75, 3.05) is 0 Å². The van der Waals surface area contributed by atoms with Gasteiger partial charge in [-0.25, -0.2) is 4.98 Å². The van der Waals surface area contributed by atoms with E-state index in [9.17, 15) is 13.2 Å². The first-order valence-corrected chi connectivity index (χ1v) is 4.09. The summed E-state index contributed by atoms with van der Waals surface area (Å²) in [5.74, 6) is 0. The van der Waals surface area contributed by atoms with Gasteiger partial charge in [-0.1, -0.05) is 0 Å². The number of alkyl halides is 3. The predicted octanol–water partition coefficient (Wildman–Crippen LogP) is 2.29. The largest absolute Gasteiger partial charge is 0.434 e. The number of aromatic nitrogens is 3. The van der Waals surface area contributed by atoms with E-state index < -0.39 is 11.9 Å². The number of hydrogen-bond donors (Lipinski definition) is 0. The maximum atomic E-state index is 12.2. The fraction of sp³-hybridized carbons (Fsp3) is 0.111. The van der Waals surface area contributed by atoms with Gasteiger partial charge in [0.15, 0.2) is 5.69 Å².